The quantitative estimate of drug-likeness (QED) is 0.750. The average molecular weight is 346 g/mol. The lowest BCUT2D eigenvalue weighted by atomic mass is 10.1. The summed E-state index contributed by atoms with van der Waals surface area (Å²) in [6.45, 7) is 0. The van der Waals surface area contributed by atoms with Crippen molar-refractivity contribution in [3.63, 3.8) is 0 Å². The second-order valence-corrected chi connectivity index (χ2v) is 5.40. The maximum Gasteiger partial charge on any atom is 0.252 e. The fourth-order valence-corrected chi connectivity index (χ4v) is 2.34. The van der Waals surface area contributed by atoms with Gasteiger partial charge in [0.15, 0.2) is 0 Å². The SMILES string of the molecule is COc1cccc(-c2cc(=O)[nH]c(Nc3cc(Cl)ccc3F)n2)c1. The van der Waals surface area contributed by atoms with E-state index in [1.165, 1.54) is 24.3 Å². The molecule has 0 bridgehead atoms. The van der Waals surface area contributed by atoms with Crippen LogP contribution in [0.2, 0.25) is 5.02 Å². The highest BCUT2D eigenvalue weighted by molar-refractivity contribution is 6.30. The van der Waals surface area contributed by atoms with E-state index in [0.29, 0.717) is 22.0 Å². The minimum atomic E-state index is -0.506. The van der Waals surface area contributed by atoms with Crippen molar-refractivity contribution in [3.05, 3.63) is 69.7 Å². The molecule has 5 nitrogen and oxygen atoms in total. The van der Waals surface area contributed by atoms with Crippen LogP contribution in [0.1, 0.15) is 0 Å². The van der Waals surface area contributed by atoms with Crippen molar-refractivity contribution >= 4 is 23.2 Å². The Morgan fingerprint density at radius 2 is 2.04 bits per heavy atom. The van der Waals surface area contributed by atoms with Crippen LogP contribution < -0.4 is 15.6 Å². The largest absolute Gasteiger partial charge is 0.497 e. The summed E-state index contributed by atoms with van der Waals surface area (Å²) >= 11 is 5.86. The Balaban J connectivity index is 2.00. The van der Waals surface area contributed by atoms with E-state index in [1.807, 2.05) is 0 Å². The third-order valence-corrected chi connectivity index (χ3v) is 3.52. The third kappa shape index (κ3) is 3.55. The topological polar surface area (TPSA) is 67.0 Å². The number of hydrogen-bond donors (Lipinski definition) is 2. The van der Waals surface area contributed by atoms with Crippen molar-refractivity contribution in [1.29, 1.82) is 0 Å². The summed E-state index contributed by atoms with van der Waals surface area (Å²) in [5.41, 5.74) is 0.888. The maximum absolute atomic E-state index is 13.8. The molecule has 0 unspecified atom stereocenters. The van der Waals surface area contributed by atoms with Crippen LogP contribution in [0, 0.1) is 5.82 Å². The Hall–Kier alpha value is -2.86. The third-order valence-electron chi connectivity index (χ3n) is 3.29. The van der Waals surface area contributed by atoms with Gasteiger partial charge in [0.2, 0.25) is 5.95 Å². The Bertz CT molecular complexity index is 943. The molecule has 0 saturated carbocycles. The van der Waals surface area contributed by atoms with E-state index < -0.39 is 5.82 Å². The Labute approximate surface area is 142 Å². The van der Waals surface area contributed by atoms with Gasteiger partial charge in [-0.3, -0.25) is 9.78 Å². The molecule has 1 aromatic heterocycles. The molecular weight excluding hydrogens is 333 g/mol. The van der Waals surface area contributed by atoms with Crippen molar-refractivity contribution in [1.82, 2.24) is 9.97 Å². The first kappa shape index (κ1) is 16.0. The van der Waals surface area contributed by atoms with Crippen LogP contribution in [-0.4, -0.2) is 17.1 Å². The second kappa shape index (κ2) is 6.72. The van der Waals surface area contributed by atoms with Crippen LogP contribution in [0.4, 0.5) is 16.0 Å². The van der Waals surface area contributed by atoms with Gasteiger partial charge in [0.25, 0.3) is 5.56 Å². The first-order valence-corrected chi connectivity index (χ1v) is 7.41. The molecule has 3 aromatic rings. The maximum atomic E-state index is 13.8. The van der Waals surface area contributed by atoms with Gasteiger partial charge >= 0.3 is 0 Å². The molecule has 0 aliphatic heterocycles. The van der Waals surface area contributed by atoms with Gasteiger partial charge in [-0.05, 0) is 30.3 Å². The van der Waals surface area contributed by atoms with Gasteiger partial charge in [-0.1, -0.05) is 23.7 Å². The van der Waals surface area contributed by atoms with E-state index in [4.69, 9.17) is 16.3 Å². The molecular formula is C17H13ClFN3O2. The van der Waals surface area contributed by atoms with Crippen LogP contribution in [0.15, 0.2) is 53.3 Å². The summed E-state index contributed by atoms with van der Waals surface area (Å²) in [4.78, 5) is 18.7. The summed E-state index contributed by atoms with van der Waals surface area (Å²) in [6.07, 6.45) is 0. The number of rotatable bonds is 4. The average Bonchev–Trinajstić information content (AvgIpc) is 2.58. The van der Waals surface area contributed by atoms with E-state index in [1.54, 1.807) is 31.4 Å². The number of methoxy groups -OCH3 is 1. The van der Waals surface area contributed by atoms with E-state index in [-0.39, 0.29) is 17.2 Å². The first-order valence-electron chi connectivity index (χ1n) is 7.03. The molecule has 2 N–H and O–H groups in total. The molecule has 7 heteroatoms. The molecule has 0 aliphatic carbocycles. The minimum absolute atomic E-state index is 0.112. The van der Waals surface area contributed by atoms with Crippen LogP contribution in [0.5, 0.6) is 5.75 Å². The summed E-state index contributed by atoms with van der Waals surface area (Å²) in [6, 6.07) is 12.6. The molecule has 122 valence electrons. The molecule has 0 amide bonds. The number of ether oxygens (including phenoxy) is 1. The van der Waals surface area contributed by atoms with Gasteiger partial charge in [0, 0.05) is 16.7 Å². The minimum Gasteiger partial charge on any atom is -0.497 e. The summed E-state index contributed by atoms with van der Waals surface area (Å²) in [7, 11) is 1.55. The summed E-state index contributed by atoms with van der Waals surface area (Å²) < 4.78 is 19.0. The van der Waals surface area contributed by atoms with Crippen molar-refractivity contribution in [2.24, 2.45) is 0 Å². The van der Waals surface area contributed by atoms with E-state index >= 15 is 0 Å². The molecule has 0 aliphatic rings. The van der Waals surface area contributed by atoms with Gasteiger partial charge < -0.3 is 10.1 Å². The van der Waals surface area contributed by atoms with Gasteiger partial charge in [-0.15, -0.1) is 0 Å². The number of halogens is 2. The van der Waals surface area contributed by atoms with Gasteiger partial charge in [-0.25, -0.2) is 9.37 Å². The zero-order valence-corrected chi connectivity index (χ0v) is 13.4. The Kier molecular flexibility index (Phi) is 4.48. The smallest absolute Gasteiger partial charge is 0.252 e. The van der Waals surface area contributed by atoms with E-state index in [0.717, 1.165) is 0 Å². The highest BCUT2D eigenvalue weighted by Gasteiger charge is 2.08. The molecule has 3 rings (SSSR count). The number of H-pyrrole nitrogens is 1. The summed E-state index contributed by atoms with van der Waals surface area (Å²) in [5.74, 6) is 0.250. The number of nitrogens with one attached hydrogen (secondary N) is 2. The highest BCUT2D eigenvalue weighted by Crippen LogP contribution is 2.24. The molecule has 1 heterocycles. The van der Waals surface area contributed by atoms with Crippen LogP contribution in [0.3, 0.4) is 0 Å². The van der Waals surface area contributed by atoms with Crippen molar-refractivity contribution < 1.29 is 9.13 Å². The number of nitrogens with zero attached hydrogens (tertiary/aromatic N) is 1. The van der Waals surface area contributed by atoms with Crippen LogP contribution in [-0.2, 0) is 0 Å². The molecule has 0 spiro atoms. The molecule has 2 aromatic carbocycles. The van der Waals surface area contributed by atoms with Gasteiger partial charge in [0.1, 0.15) is 11.6 Å². The van der Waals surface area contributed by atoms with Crippen LogP contribution in [0.25, 0.3) is 11.3 Å². The van der Waals surface area contributed by atoms with E-state index in [9.17, 15) is 9.18 Å². The molecule has 24 heavy (non-hydrogen) atoms. The number of benzene rings is 2. The molecule has 0 radical (unpaired) electrons. The lowest BCUT2D eigenvalue weighted by Crippen LogP contribution is -2.11. The lowest BCUT2D eigenvalue weighted by Gasteiger charge is -2.09. The summed E-state index contributed by atoms with van der Waals surface area (Å²) in [5, 5.41) is 3.10. The normalized spacial score (nSPS) is 10.5. The Morgan fingerprint density at radius 3 is 2.83 bits per heavy atom. The van der Waals surface area contributed by atoms with Gasteiger partial charge in [-0.2, -0.15) is 0 Å². The fourth-order valence-electron chi connectivity index (χ4n) is 2.17. The number of aromatic amines is 1. The predicted molar refractivity (Wildman–Crippen MR) is 91.5 cm³/mol. The monoisotopic (exact) mass is 345 g/mol. The standard InChI is InChI=1S/C17H13ClFN3O2/c1-24-12-4-2-3-10(7-12)14-9-16(23)22-17(20-14)21-15-8-11(18)5-6-13(15)19/h2-9H,1H3,(H2,20,21,22,23). The highest BCUT2D eigenvalue weighted by atomic mass is 35.5. The zero-order chi connectivity index (χ0) is 17.1. The van der Waals surface area contributed by atoms with Crippen molar-refractivity contribution in [3.8, 4) is 17.0 Å². The first-order chi connectivity index (χ1) is 11.5. The van der Waals surface area contributed by atoms with Crippen LogP contribution >= 0.6 is 11.6 Å². The number of anilines is 2. The van der Waals surface area contributed by atoms with E-state index in [2.05, 4.69) is 15.3 Å². The van der Waals surface area contributed by atoms with Crippen molar-refractivity contribution in [2.75, 3.05) is 12.4 Å². The lowest BCUT2D eigenvalue weighted by molar-refractivity contribution is 0.415. The Morgan fingerprint density at radius 1 is 1.21 bits per heavy atom. The molecule has 0 saturated heterocycles. The zero-order valence-electron chi connectivity index (χ0n) is 12.6. The van der Waals surface area contributed by atoms with Crippen molar-refractivity contribution in [2.45, 2.75) is 0 Å². The number of aromatic nitrogens is 2. The second-order valence-electron chi connectivity index (χ2n) is 4.96. The molecule has 0 fully saturated rings. The number of hydrogen-bond acceptors (Lipinski definition) is 4. The fraction of sp³-hybridized carbons (Fsp3) is 0.0588. The molecule has 0 atom stereocenters. The van der Waals surface area contributed by atoms with Gasteiger partial charge in [0.05, 0.1) is 18.5 Å². The predicted octanol–water partition coefficient (Wildman–Crippen LogP) is 3.98.